The van der Waals surface area contributed by atoms with Gasteiger partial charge >= 0.3 is 6.03 Å². The molecule has 1 aromatic rings. The standard InChI is InChI=1S/C14H19N3O/c15-11-7-6-10-3-2-8-17(13(10)9-11)14(18)16-12-4-1-5-12/h6-7,9,12H,1-5,8,15H2,(H,16,18). The topological polar surface area (TPSA) is 58.4 Å². The van der Waals surface area contributed by atoms with Gasteiger partial charge in [-0.2, -0.15) is 0 Å². The first-order chi connectivity index (χ1) is 8.74. The van der Waals surface area contributed by atoms with Gasteiger partial charge in [0.15, 0.2) is 0 Å². The minimum absolute atomic E-state index is 0.0336. The van der Waals surface area contributed by atoms with Gasteiger partial charge in [0.2, 0.25) is 0 Å². The number of nitrogens with one attached hydrogen (secondary N) is 1. The zero-order valence-electron chi connectivity index (χ0n) is 10.5. The lowest BCUT2D eigenvalue weighted by Gasteiger charge is -2.33. The van der Waals surface area contributed by atoms with Gasteiger partial charge < -0.3 is 11.1 Å². The summed E-state index contributed by atoms with van der Waals surface area (Å²) in [6.07, 6.45) is 5.51. The highest BCUT2D eigenvalue weighted by Crippen LogP contribution is 2.29. The summed E-state index contributed by atoms with van der Waals surface area (Å²) in [5, 5.41) is 3.09. The Morgan fingerprint density at radius 1 is 1.33 bits per heavy atom. The van der Waals surface area contributed by atoms with Crippen LogP contribution in [0.15, 0.2) is 18.2 Å². The van der Waals surface area contributed by atoms with Gasteiger partial charge in [-0.15, -0.1) is 0 Å². The lowest BCUT2D eigenvalue weighted by atomic mass is 9.93. The summed E-state index contributed by atoms with van der Waals surface area (Å²) in [6.45, 7) is 0.787. The molecule has 0 atom stereocenters. The predicted molar refractivity (Wildman–Crippen MR) is 72.7 cm³/mol. The molecule has 4 nitrogen and oxygen atoms in total. The third-order valence-corrected chi connectivity index (χ3v) is 3.91. The zero-order chi connectivity index (χ0) is 12.5. The smallest absolute Gasteiger partial charge is 0.322 e. The van der Waals surface area contributed by atoms with Crippen LogP contribution in [0.3, 0.4) is 0 Å². The van der Waals surface area contributed by atoms with Gasteiger partial charge in [0.25, 0.3) is 0 Å². The number of hydrogen-bond donors (Lipinski definition) is 2. The first-order valence-electron chi connectivity index (χ1n) is 6.70. The fourth-order valence-corrected chi connectivity index (χ4v) is 2.61. The van der Waals surface area contributed by atoms with Gasteiger partial charge in [-0.05, 0) is 49.8 Å². The lowest BCUT2D eigenvalue weighted by Crippen LogP contribution is -2.49. The summed E-state index contributed by atoms with van der Waals surface area (Å²) in [7, 11) is 0. The number of amides is 2. The summed E-state index contributed by atoms with van der Waals surface area (Å²) >= 11 is 0. The second-order valence-corrected chi connectivity index (χ2v) is 5.22. The van der Waals surface area contributed by atoms with Crippen LogP contribution in [0.1, 0.15) is 31.2 Å². The van der Waals surface area contributed by atoms with Gasteiger partial charge in [-0.25, -0.2) is 4.79 Å². The van der Waals surface area contributed by atoms with Crippen molar-refractivity contribution in [1.29, 1.82) is 0 Å². The number of carbonyl (C=O) groups excluding carboxylic acids is 1. The van der Waals surface area contributed by atoms with Gasteiger partial charge in [0.05, 0.1) is 5.69 Å². The molecule has 96 valence electrons. The Balaban J connectivity index is 1.81. The van der Waals surface area contributed by atoms with Crippen molar-refractivity contribution < 1.29 is 4.79 Å². The monoisotopic (exact) mass is 245 g/mol. The van der Waals surface area contributed by atoms with Crippen molar-refractivity contribution in [3.8, 4) is 0 Å². The quantitative estimate of drug-likeness (QED) is 0.746. The minimum atomic E-state index is 0.0336. The van der Waals surface area contributed by atoms with Crippen LogP contribution in [0.4, 0.5) is 16.2 Å². The number of nitrogens with zero attached hydrogens (tertiary/aromatic N) is 1. The summed E-state index contributed by atoms with van der Waals surface area (Å²) in [5.41, 5.74) is 8.75. The van der Waals surface area contributed by atoms with E-state index in [0.717, 1.165) is 43.6 Å². The number of rotatable bonds is 1. The van der Waals surface area contributed by atoms with Crippen molar-refractivity contribution >= 4 is 17.4 Å². The first-order valence-corrected chi connectivity index (χ1v) is 6.70. The highest BCUT2D eigenvalue weighted by atomic mass is 16.2. The Morgan fingerprint density at radius 2 is 2.17 bits per heavy atom. The molecule has 0 aromatic heterocycles. The summed E-state index contributed by atoms with van der Waals surface area (Å²) in [4.78, 5) is 14.1. The predicted octanol–water partition coefficient (Wildman–Crippen LogP) is 2.28. The Hall–Kier alpha value is -1.71. The van der Waals surface area contributed by atoms with Crippen LogP contribution in [0.2, 0.25) is 0 Å². The third-order valence-electron chi connectivity index (χ3n) is 3.91. The van der Waals surface area contributed by atoms with E-state index >= 15 is 0 Å². The second-order valence-electron chi connectivity index (χ2n) is 5.22. The maximum atomic E-state index is 12.2. The van der Waals surface area contributed by atoms with Crippen LogP contribution < -0.4 is 16.0 Å². The van der Waals surface area contributed by atoms with E-state index < -0.39 is 0 Å². The SMILES string of the molecule is Nc1ccc2c(c1)N(C(=O)NC1CCC1)CCC2. The van der Waals surface area contributed by atoms with Gasteiger partial charge in [0, 0.05) is 18.3 Å². The van der Waals surface area contributed by atoms with Gasteiger partial charge in [-0.1, -0.05) is 6.07 Å². The molecule has 1 saturated carbocycles. The number of carbonyl (C=O) groups is 1. The van der Waals surface area contributed by atoms with E-state index in [1.807, 2.05) is 23.1 Å². The van der Waals surface area contributed by atoms with Crippen molar-refractivity contribution in [1.82, 2.24) is 5.32 Å². The molecule has 0 bridgehead atoms. The molecular weight excluding hydrogens is 226 g/mol. The Bertz CT molecular complexity index is 468. The van der Waals surface area contributed by atoms with E-state index in [9.17, 15) is 4.79 Å². The molecule has 1 fully saturated rings. The highest BCUT2D eigenvalue weighted by Gasteiger charge is 2.26. The van der Waals surface area contributed by atoms with Crippen LogP contribution in [0, 0.1) is 0 Å². The summed E-state index contributed by atoms with van der Waals surface area (Å²) < 4.78 is 0. The fourth-order valence-electron chi connectivity index (χ4n) is 2.61. The fraction of sp³-hybridized carbons (Fsp3) is 0.500. The first kappa shape index (κ1) is 11.4. The van der Waals surface area contributed by atoms with Gasteiger partial charge in [0.1, 0.15) is 0 Å². The molecule has 1 aliphatic heterocycles. The second kappa shape index (κ2) is 4.52. The molecule has 0 unspecified atom stereocenters. The van der Waals surface area contributed by atoms with Crippen molar-refractivity contribution in [2.45, 2.75) is 38.1 Å². The molecule has 1 aromatic carbocycles. The Kier molecular flexibility index (Phi) is 2.86. The van der Waals surface area contributed by atoms with Crippen molar-refractivity contribution in [3.63, 3.8) is 0 Å². The molecule has 18 heavy (non-hydrogen) atoms. The number of anilines is 2. The molecular formula is C14H19N3O. The largest absolute Gasteiger partial charge is 0.399 e. The maximum Gasteiger partial charge on any atom is 0.322 e. The minimum Gasteiger partial charge on any atom is -0.399 e. The number of nitrogen functional groups attached to an aromatic ring is 1. The molecule has 2 amide bonds. The summed E-state index contributed by atoms with van der Waals surface area (Å²) in [6, 6.07) is 6.27. The molecule has 3 N–H and O–H groups in total. The Morgan fingerprint density at radius 3 is 2.89 bits per heavy atom. The van der Waals surface area contributed by atoms with Crippen LogP contribution in [0.5, 0.6) is 0 Å². The van der Waals surface area contributed by atoms with Crippen molar-refractivity contribution in [2.75, 3.05) is 17.2 Å². The molecule has 1 heterocycles. The molecule has 0 radical (unpaired) electrons. The van der Waals surface area contributed by atoms with Gasteiger partial charge in [-0.3, -0.25) is 4.90 Å². The number of urea groups is 1. The number of nitrogens with two attached hydrogens (primary N) is 1. The number of aryl methyl sites for hydroxylation is 1. The van der Waals surface area contributed by atoms with E-state index in [2.05, 4.69) is 5.32 Å². The average Bonchev–Trinajstić information content (AvgIpc) is 2.32. The molecule has 4 heteroatoms. The van der Waals surface area contributed by atoms with Crippen LogP contribution in [0.25, 0.3) is 0 Å². The summed E-state index contributed by atoms with van der Waals surface area (Å²) in [5.74, 6) is 0. The van der Waals surface area contributed by atoms with E-state index in [0.29, 0.717) is 6.04 Å². The number of hydrogen-bond acceptors (Lipinski definition) is 2. The van der Waals surface area contributed by atoms with E-state index in [-0.39, 0.29) is 6.03 Å². The Labute approximate surface area is 107 Å². The molecule has 1 aliphatic carbocycles. The van der Waals surface area contributed by atoms with Crippen molar-refractivity contribution in [2.24, 2.45) is 0 Å². The zero-order valence-corrected chi connectivity index (χ0v) is 10.5. The third kappa shape index (κ3) is 2.03. The lowest BCUT2D eigenvalue weighted by molar-refractivity contribution is 0.233. The molecule has 0 spiro atoms. The molecule has 2 aliphatic rings. The highest BCUT2D eigenvalue weighted by molar-refractivity contribution is 5.94. The van der Waals surface area contributed by atoms with Crippen LogP contribution in [-0.2, 0) is 6.42 Å². The van der Waals surface area contributed by atoms with E-state index in [4.69, 9.17) is 5.73 Å². The van der Waals surface area contributed by atoms with Crippen LogP contribution in [-0.4, -0.2) is 18.6 Å². The van der Waals surface area contributed by atoms with Crippen LogP contribution >= 0.6 is 0 Å². The maximum absolute atomic E-state index is 12.2. The average molecular weight is 245 g/mol. The van der Waals surface area contributed by atoms with Crippen molar-refractivity contribution in [3.05, 3.63) is 23.8 Å². The van der Waals surface area contributed by atoms with E-state index in [1.54, 1.807) is 0 Å². The molecule has 3 rings (SSSR count). The van der Waals surface area contributed by atoms with E-state index in [1.165, 1.54) is 12.0 Å². The molecule has 0 saturated heterocycles. The normalized spacial score (nSPS) is 19.0. The number of benzene rings is 1. The number of fused-ring (bicyclic) bond motifs is 1.